The van der Waals surface area contributed by atoms with E-state index in [0.717, 1.165) is 21.4 Å². The van der Waals surface area contributed by atoms with Gasteiger partial charge in [0, 0.05) is 23.0 Å². The highest BCUT2D eigenvalue weighted by atomic mass is 79.9. The molecule has 0 aliphatic carbocycles. The normalized spacial score (nSPS) is 12.7. The van der Waals surface area contributed by atoms with Gasteiger partial charge in [-0.2, -0.15) is 5.10 Å². The second-order valence-corrected chi connectivity index (χ2v) is 6.26. The molecule has 2 rings (SSSR count). The van der Waals surface area contributed by atoms with Crippen molar-refractivity contribution in [2.45, 2.75) is 19.4 Å². The van der Waals surface area contributed by atoms with Crippen LogP contribution in [0.3, 0.4) is 0 Å². The number of aromatic nitrogens is 2. The summed E-state index contributed by atoms with van der Waals surface area (Å²) in [6.07, 6.45) is 0.600. The van der Waals surface area contributed by atoms with E-state index in [2.05, 4.69) is 26.5 Å². The Hall–Kier alpha value is -0.590. The Morgan fingerprint density at radius 1 is 1.45 bits per heavy atom. The summed E-state index contributed by atoms with van der Waals surface area (Å²) in [5, 5.41) is 5.63. The zero-order chi connectivity index (χ0) is 14.9. The van der Waals surface area contributed by atoms with Gasteiger partial charge in [-0.1, -0.05) is 39.1 Å². The Balaban J connectivity index is 2.36. The molecule has 20 heavy (non-hydrogen) atoms. The second kappa shape index (κ2) is 6.45. The first kappa shape index (κ1) is 15.8. The van der Waals surface area contributed by atoms with Crippen LogP contribution in [0, 0.1) is 6.92 Å². The van der Waals surface area contributed by atoms with Crippen molar-refractivity contribution in [2.75, 3.05) is 0 Å². The summed E-state index contributed by atoms with van der Waals surface area (Å²) < 4.78 is 2.72. The van der Waals surface area contributed by atoms with E-state index in [1.54, 1.807) is 4.68 Å². The molecule has 0 aliphatic heterocycles. The standard InChI is InChI=1S/C13H15BrCl2N4/c1-7-13(16)12(20(2)19-7)6-11(18-17)9-5-8(14)3-4-10(9)15/h3-5,11,18H,6,17H2,1-2H3. The highest BCUT2D eigenvalue weighted by Crippen LogP contribution is 2.30. The van der Waals surface area contributed by atoms with Gasteiger partial charge in [0.1, 0.15) is 0 Å². The number of hydrazine groups is 1. The van der Waals surface area contributed by atoms with Crippen LogP contribution in [0.25, 0.3) is 0 Å². The Labute approximate surface area is 136 Å². The number of nitrogens with one attached hydrogen (secondary N) is 1. The van der Waals surface area contributed by atoms with Crippen molar-refractivity contribution in [1.82, 2.24) is 15.2 Å². The first-order chi connectivity index (χ1) is 9.43. The van der Waals surface area contributed by atoms with Gasteiger partial charge in [-0.3, -0.25) is 16.0 Å². The molecule has 1 aromatic carbocycles. The molecule has 0 aliphatic rings. The van der Waals surface area contributed by atoms with E-state index in [0.29, 0.717) is 16.5 Å². The SMILES string of the molecule is Cc1nn(C)c(CC(NN)c2cc(Br)ccc2Cl)c1Cl. The van der Waals surface area contributed by atoms with Gasteiger partial charge in [0.25, 0.3) is 0 Å². The van der Waals surface area contributed by atoms with E-state index in [1.165, 1.54) is 0 Å². The molecule has 0 fully saturated rings. The van der Waals surface area contributed by atoms with Crippen molar-refractivity contribution in [3.63, 3.8) is 0 Å². The van der Waals surface area contributed by atoms with Crippen molar-refractivity contribution < 1.29 is 0 Å². The Kier molecular flexibility index (Phi) is 5.09. The third-order valence-corrected chi connectivity index (χ3v) is 4.52. The monoisotopic (exact) mass is 376 g/mol. The summed E-state index contributed by atoms with van der Waals surface area (Å²) in [6.45, 7) is 1.88. The van der Waals surface area contributed by atoms with E-state index in [4.69, 9.17) is 29.0 Å². The molecule has 108 valence electrons. The molecule has 2 aromatic rings. The van der Waals surface area contributed by atoms with Gasteiger partial charge in [0.2, 0.25) is 0 Å². The molecule has 0 radical (unpaired) electrons. The number of rotatable bonds is 4. The van der Waals surface area contributed by atoms with E-state index in [-0.39, 0.29) is 6.04 Å². The van der Waals surface area contributed by atoms with E-state index >= 15 is 0 Å². The van der Waals surface area contributed by atoms with Crippen LogP contribution in [-0.4, -0.2) is 9.78 Å². The molecule has 3 N–H and O–H groups in total. The minimum absolute atomic E-state index is 0.146. The van der Waals surface area contributed by atoms with Gasteiger partial charge in [0.05, 0.1) is 22.5 Å². The van der Waals surface area contributed by atoms with Crippen LogP contribution in [0.2, 0.25) is 10.0 Å². The van der Waals surface area contributed by atoms with Gasteiger partial charge in [0.15, 0.2) is 0 Å². The van der Waals surface area contributed by atoms with Crippen molar-refractivity contribution in [3.8, 4) is 0 Å². The fraction of sp³-hybridized carbons (Fsp3) is 0.308. The average molecular weight is 378 g/mol. The number of nitrogens with two attached hydrogens (primary N) is 1. The van der Waals surface area contributed by atoms with Crippen LogP contribution in [0.4, 0.5) is 0 Å². The number of aryl methyl sites for hydroxylation is 2. The smallest absolute Gasteiger partial charge is 0.0847 e. The summed E-state index contributed by atoms with van der Waals surface area (Å²) >= 11 is 16.0. The summed E-state index contributed by atoms with van der Waals surface area (Å²) in [7, 11) is 1.87. The highest BCUT2D eigenvalue weighted by Gasteiger charge is 2.19. The zero-order valence-electron chi connectivity index (χ0n) is 11.1. The fourth-order valence-electron chi connectivity index (χ4n) is 2.14. The molecular weight excluding hydrogens is 363 g/mol. The van der Waals surface area contributed by atoms with Crippen LogP contribution in [0.1, 0.15) is 23.0 Å². The van der Waals surface area contributed by atoms with Gasteiger partial charge in [-0.25, -0.2) is 0 Å². The molecule has 7 heteroatoms. The largest absolute Gasteiger partial charge is 0.271 e. The highest BCUT2D eigenvalue weighted by molar-refractivity contribution is 9.10. The summed E-state index contributed by atoms with van der Waals surface area (Å²) in [4.78, 5) is 0. The molecule has 1 aromatic heterocycles. The lowest BCUT2D eigenvalue weighted by molar-refractivity contribution is 0.530. The number of hydrogen-bond acceptors (Lipinski definition) is 3. The van der Waals surface area contributed by atoms with E-state index in [9.17, 15) is 0 Å². The van der Waals surface area contributed by atoms with Crippen LogP contribution in [0.5, 0.6) is 0 Å². The molecule has 4 nitrogen and oxygen atoms in total. The molecule has 1 heterocycles. The third-order valence-electron chi connectivity index (χ3n) is 3.19. The van der Waals surface area contributed by atoms with Crippen LogP contribution >= 0.6 is 39.1 Å². The van der Waals surface area contributed by atoms with Gasteiger partial charge < -0.3 is 0 Å². The Bertz CT molecular complexity index is 627. The molecular formula is C13H15BrCl2N4. The summed E-state index contributed by atoms with van der Waals surface area (Å²) in [6, 6.07) is 5.53. The first-order valence-corrected chi connectivity index (χ1v) is 7.58. The van der Waals surface area contributed by atoms with Crippen molar-refractivity contribution in [3.05, 3.63) is 49.7 Å². The first-order valence-electron chi connectivity index (χ1n) is 6.03. The summed E-state index contributed by atoms with van der Waals surface area (Å²) in [5.41, 5.74) is 5.43. The van der Waals surface area contributed by atoms with Crippen LogP contribution in [-0.2, 0) is 13.5 Å². The maximum absolute atomic E-state index is 6.28. The predicted octanol–water partition coefficient (Wildman–Crippen LogP) is 3.54. The van der Waals surface area contributed by atoms with Crippen LogP contribution in [0.15, 0.2) is 22.7 Å². The molecule has 0 spiro atoms. The maximum atomic E-state index is 6.28. The molecule has 0 saturated heterocycles. The van der Waals surface area contributed by atoms with Gasteiger partial charge in [-0.05, 0) is 30.7 Å². The average Bonchev–Trinajstić information content (AvgIpc) is 2.65. The predicted molar refractivity (Wildman–Crippen MR) is 85.9 cm³/mol. The second-order valence-electron chi connectivity index (χ2n) is 4.56. The van der Waals surface area contributed by atoms with E-state index in [1.807, 2.05) is 32.2 Å². The topological polar surface area (TPSA) is 55.9 Å². The Morgan fingerprint density at radius 2 is 2.15 bits per heavy atom. The number of benzene rings is 1. The lowest BCUT2D eigenvalue weighted by Gasteiger charge is -2.18. The van der Waals surface area contributed by atoms with Gasteiger partial charge >= 0.3 is 0 Å². The third kappa shape index (κ3) is 3.18. The van der Waals surface area contributed by atoms with Gasteiger partial charge in [-0.15, -0.1) is 0 Å². The molecule has 0 saturated carbocycles. The number of nitrogens with zero attached hydrogens (tertiary/aromatic N) is 2. The lowest BCUT2D eigenvalue weighted by Crippen LogP contribution is -2.30. The molecule has 0 amide bonds. The lowest BCUT2D eigenvalue weighted by atomic mass is 10.0. The van der Waals surface area contributed by atoms with Crippen molar-refractivity contribution in [1.29, 1.82) is 0 Å². The minimum atomic E-state index is -0.146. The molecule has 0 bridgehead atoms. The summed E-state index contributed by atoms with van der Waals surface area (Å²) in [5.74, 6) is 5.68. The maximum Gasteiger partial charge on any atom is 0.0847 e. The fourth-order valence-corrected chi connectivity index (χ4v) is 3.00. The number of halogens is 3. The Morgan fingerprint density at radius 3 is 2.70 bits per heavy atom. The zero-order valence-corrected chi connectivity index (χ0v) is 14.2. The van der Waals surface area contributed by atoms with Crippen molar-refractivity contribution in [2.24, 2.45) is 12.9 Å². The molecule has 1 atom stereocenters. The van der Waals surface area contributed by atoms with Crippen LogP contribution < -0.4 is 11.3 Å². The molecule has 1 unspecified atom stereocenters. The van der Waals surface area contributed by atoms with Crippen molar-refractivity contribution >= 4 is 39.1 Å². The van der Waals surface area contributed by atoms with E-state index < -0.39 is 0 Å². The quantitative estimate of drug-likeness (QED) is 0.632. The number of hydrogen-bond donors (Lipinski definition) is 2. The minimum Gasteiger partial charge on any atom is -0.271 e.